The molecule has 2 aromatic rings. The molecule has 0 aliphatic carbocycles. The van der Waals surface area contributed by atoms with E-state index in [1.54, 1.807) is 4.90 Å². The summed E-state index contributed by atoms with van der Waals surface area (Å²) in [6.07, 6.45) is 1.80. The van der Waals surface area contributed by atoms with Crippen molar-refractivity contribution in [2.45, 2.75) is 19.0 Å². The molecule has 0 bridgehead atoms. The Morgan fingerprint density at radius 3 is 2.74 bits per heavy atom. The van der Waals surface area contributed by atoms with Crippen molar-refractivity contribution in [1.82, 2.24) is 25.1 Å². The molecule has 1 aliphatic heterocycles. The Hall–Kier alpha value is -2.29. The molecule has 9 heteroatoms. The highest BCUT2D eigenvalue weighted by Crippen LogP contribution is 2.26. The fourth-order valence-corrected chi connectivity index (χ4v) is 4.35. The first-order valence-electron chi connectivity index (χ1n) is 7.31. The maximum Gasteiger partial charge on any atom is 0.244 e. The van der Waals surface area contributed by atoms with Gasteiger partial charge in [-0.2, -0.15) is 0 Å². The van der Waals surface area contributed by atoms with E-state index >= 15 is 0 Å². The minimum Gasteiger partial charge on any atom is -0.333 e. The van der Waals surface area contributed by atoms with Crippen LogP contribution in [0.1, 0.15) is 18.0 Å². The molecule has 122 valence electrons. The molecule has 1 atom stereocenters. The highest BCUT2D eigenvalue weighted by Gasteiger charge is 2.32. The summed E-state index contributed by atoms with van der Waals surface area (Å²) in [5.41, 5.74) is 0.822. The average molecular weight is 335 g/mol. The molecule has 1 saturated heterocycles. The molecule has 1 aromatic heterocycles. The lowest BCUT2D eigenvalue weighted by Gasteiger charge is -2.29. The van der Waals surface area contributed by atoms with Crippen molar-refractivity contribution in [2.24, 2.45) is 0 Å². The van der Waals surface area contributed by atoms with Crippen LogP contribution in [0.25, 0.3) is 0 Å². The summed E-state index contributed by atoms with van der Waals surface area (Å²) in [6, 6.07) is 8.77. The van der Waals surface area contributed by atoms with E-state index in [0.717, 1.165) is 5.56 Å². The predicted molar refractivity (Wildman–Crippen MR) is 82.0 cm³/mol. The van der Waals surface area contributed by atoms with E-state index < -0.39 is 15.9 Å². The highest BCUT2D eigenvalue weighted by atomic mass is 32.2. The van der Waals surface area contributed by atoms with Crippen LogP contribution in [-0.4, -0.2) is 57.5 Å². The van der Waals surface area contributed by atoms with E-state index in [-0.39, 0.29) is 24.0 Å². The molecular formula is C14H17N5O3S. The number of nitrogens with zero attached hydrogens (tertiary/aromatic N) is 5. The number of hydrogen-bond donors (Lipinski definition) is 0. The molecule has 8 nitrogen and oxygen atoms in total. The number of amides is 1. The van der Waals surface area contributed by atoms with Crippen LogP contribution in [0.3, 0.4) is 0 Å². The van der Waals surface area contributed by atoms with E-state index in [2.05, 4.69) is 15.5 Å². The number of sulfone groups is 1. The van der Waals surface area contributed by atoms with E-state index in [4.69, 9.17) is 0 Å². The van der Waals surface area contributed by atoms with Gasteiger partial charge in [0.15, 0.2) is 9.84 Å². The summed E-state index contributed by atoms with van der Waals surface area (Å²) < 4.78 is 25.7. The SMILES string of the molecule is O=C(Cn1cnnn1)N1CCCS(=O)(=O)CC1c1ccccc1. The quantitative estimate of drug-likeness (QED) is 0.787. The number of benzene rings is 1. The van der Waals surface area contributed by atoms with Gasteiger partial charge in [-0.15, -0.1) is 5.10 Å². The number of aromatic nitrogens is 4. The maximum atomic E-state index is 12.6. The summed E-state index contributed by atoms with van der Waals surface area (Å²) in [5, 5.41) is 10.7. The van der Waals surface area contributed by atoms with Crippen LogP contribution >= 0.6 is 0 Å². The van der Waals surface area contributed by atoms with Crippen molar-refractivity contribution in [3.05, 3.63) is 42.2 Å². The van der Waals surface area contributed by atoms with Gasteiger partial charge in [0, 0.05) is 6.54 Å². The molecule has 1 unspecified atom stereocenters. The minimum absolute atomic E-state index is 0.00359. The molecule has 0 radical (unpaired) electrons. The fraction of sp³-hybridized carbons (Fsp3) is 0.429. The third kappa shape index (κ3) is 3.73. The minimum atomic E-state index is -3.19. The topological polar surface area (TPSA) is 98.1 Å². The zero-order chi connectivity index (χ0) is 16.3. The van der Waals surface area contributed by atoms with E-state index in [0.29, 0.717) is 13.0 Å². The van der Waals surface area contributed by atoms with Crippen molar-refractivity contribution in [3.63, 3.8) is 0 Å². The molecule has 0 N–H and O–H groups in total. The van der Waals surface area contributed by atoms with Gasteiger partial charge in [0.1, 0.15) is 12.9 Å². The van der Waals surface area contributed by atoms with Gasteiger partial charge < -0.3 is 4.90 Å². The Morgan fingerprint density at radius 1 is 1.26 bits per heavy atom. The van der Waals surface area contributed by atoms with Gasteiger partial charge >= 0.3 is 0 Å². The van der Waals surface area contributed by atoms with Crippen LogP contribution in [0.2, 0.25) is 0 Å². The van der Waals surface area contributed by atoms with Crippen LogP contribution in [0.5, 0.6) is 0 Å². The van der Waals surface area contributed by atoms with Gasteiger partial charge in [0.25, 0.3) is 0 Å². The van der Waals surface area contributed by atoms with Crippen LogP contribution in [0.4, 0.5) is 0 Å². The van der Waals surface area contributed by atoms with E-state index in [9.17, 15) is 13.2 Å². The summed E-state index contributed by atoms with van der Waals surface area (Å²) in [5.74, 6) is -0.146. The second kappa shape index (κ2) is 6.45. The summed E-state index contributed by atoms with van der Waals surface area (Å²) >= 11 is 0. The standard InChI is InChI=1S/C14H17N5O3S/c20-14(9-18-11-15-16-17-18)19-7-4-8-23(21,22)10-13(19)12-5-2-1-3-6-12/h1-3,5-6,11,13H,4,7-10H2. The molecule has 1 amide bonds. The molecule has 1 aliphatic rings. The number of carbonyl (C=O) groups is 1. The van der Waals surface area contributed by atoms with Gasteiger partial charge in [-0.3, -0.25) is 4.79 Å². The maximum absolute atomic E-state index is 12.6. The van der Waals surface area contributed by atoms with Crippen LogP contribution in [0, 0.1) is 0 Å². The van der Waals surface area contributed by atoms with Gasteiger partial charge in [-0.1, -0.05) is 30.3 Å². The monoisotopic (exact) mass is 335 g/mol. The number of carbonyl (C=O) groups excluding carboxylic acids is 1. The predicted octanol–water partition coefficient (Wildman–Crippen LogP) is 0.0615. The summed E-state index contributed by atoms with van der Waals surface area (Å²) in [6.45, 7) is 0.399. The Kier molecular flexibility index (Phi) is 4.37. The Labute approximate surface area is 134 Å². The summed E-state index contributed by atoms with van der Waals surface area (Å²) in [7, 11) is -3.19. The molecule has 0 spiro atoms. The van der Waals surface area contributed by atoms with E-state index in [1.807, 2.05) is 30.3 Å². The van der Waals surface area contributed by atoms with Crippen LogP contribution in [-0.2, 0) is 21.2 Å². The third-order valence-corrected chi connectivity index (χ3v) is 5.57. The second-order valence-corrected chi connectivity index (χ2v) is 7.72. The van der Waals surface area contributed by atoms with Crippen LogP contribution in [0.15, 0.2) is 36.7 Å². The summed E-state index contributed by atoms with van der Waals surface area (Å²) in [4.78, 5) is 14.3. The van der Waals surface area contributed by atoms with Gasteiger partial charge in [0.2, 0.25) is 5.91 Å². The second-order valence-electron chi connectivity index (χ2n) is 5.49. The molecule has 1 fully saturated rings. The van der Waals surface area contributed by atoms with Crippen molar-refractivity contribution in [2.75, 3.05) is 18.1 Å². The largest absolute Gasteiger partial charge is 0.333 e. The van der Waals surface area contributed by atoms with Crippen molar-refractivity contribution < 1.29 is 13.2 Å². The number of tetrazole rings is 1. The molecule has 23 heavy (non-hydrogen) atoms. The van der Waals surface area contributed by atoms with Crippen molar-refractivity contribution >= 4 is 15.7 Å². The average Bonchev–Trinajstić information content (AvgIpc) is 2.97. The Morgan fingerprint density at radius 2 is 2.04 bits per heavy atom. The normalized spacial score (nSPS) is 20.9. The molecule has 2 heterocycles. The lowest BCUT2D eigenvalue weighted by Crippen LogP contribution is -2.39. The Bertz CT molecular complexity index is 761. The lowest BCUT2D eigenvalue weighted by molar-refractivity contribution is -0.134. The van der Waals surface area contributed by atoms with Gasteiger partial charge in [0.05, 0.1) is 17.5 Å². The first-order valence-corrected chi connectivity index (χ1v) is 9.13. The molecule has 0 saturated carbocycles. The van der Waals surface area contributed by atoms with Crippen LogP contribution < -0.4 is 0 Å². The van der Waals surface area contributed by atoms with Gasteiger partial charge in [-0.05, 0) is 22.4 Å². The van der Waals surface area contributed by atoms with Crippen molar-refractivity contribution in [1.29, 1.82) is 0 Å². The third-order valence-electron chi connectivity index (χ3n) is 3.84. The number of rotatable bonds is 3. The highest BCUT2D eigenvalue weighted by molar-refractivity contribution is 7.91. The molecule has 1 aromatic carbocycles. The Balaban J connectivity index is 1.89. The first-order chi connectivity index (χ1) is 11.1. The zero-order valence-electron chi connectivity index (χ0n) is 12.4. The zero-order valence-corrected chi connectivity index (χ0v) is 13.3. The first kappa shape index (κ1) is 15.6. The molecule has 3 rings (SSSR count). The van der Waals surface area contributed by atoms with Crippen molar-refractivity contribution in [3.8, 4) is 0 Å². The molecular weight excluding hydrogens is 318 g/mol. The fourth-order valence-electron chi connectivity index (χ4n) is 2.76. The lowest BCUT2D eigenvalue weighted by atomic mass is 10.1. The number of hydrogen-bond acceptors (Lipinski definition) is 6. The van der Waals surface area contributed by atoms with Gasteiger partial charge in [-0.25, -0.2) is 13.1 Å². The van der Waals surface area contributed by atoms with E-state index in [1.165, 1.54) is 11.0 Å². The smallest absolute Gasteiger partial charge is 0.244 e.